The standard InChI is InChI=1S/C15H21NO2/c1-12(10-13-6-3-2-4-7-13)16-9-5-8-14(11-16)15(17)18/h2-4,6-7,12,14H,5,8-11H2,1H3,(H,17,18). The summed E-state index contributed by atoms with van der Waals surface area (Å²) in [5.74, 6) is -0.830. The Hall–Kier alpha value is -1.35. The number of aliphatic carboxylic acids is 1. The van der Waals surface area contributed by atoms with E-state index in [-0.39, 0.29) is 5.92 Å². The average Bonchev–Trinajstić information content (AvgIpc) is 2.40. The van der Waals surface area contributed by atoms with Crippen molar-refractivity contribution in [3.05, 3.63) is 35.9 Å². The number of nitrogens with zero attached hydrogens (tertiary/aromatic N) is 1. The van der Waals surface area contributed by atoms with Crippen molar-refractivity contribution in [2.75, 3.05) is 13.1 Å². The third kappa shape index (κ3) is 3.33. The van der Waals surface area contributed by atoms with Gasteiger partial charge in [0.1, 0.15) is 0 Å². The summed E-state index contributed by atoms with van der Waals surface area (Å²) < 4.78 is 0. The van der Waals surface area contributed by atoms with Gasteiger partial charge >= 0.3 is 5.97 Å². The number of carbonyl (C=O) groups is 1. The summed E-state index contributed by atoms with van der Waals surface area (Å²) >= 11 is 0. The second-order valence-corrected chi connectivity index (χ2v) is 5.21. The van der Waals surface area contributed by atoms with Crippen LogP contribution in [0.4, 0.5) is 0 Å². The lowest BCUT2D eigenvalue weighted by Crippen LogP contribution is -2.44. The van der Waals surface area contributed by atoms with Crippen LogP contribution >= 0.6 is 0 Å². The SMILES string of the molecule is CC(Cc1ccccc1)N1CCCC(C(=O)O)C1. The first-order valence-electron chi connectivity index (χ1n) is 6.67. The van der Waals surface area contributed by atoms with Gasteiger partial charge < -0.3 is 5.11 Å². The fourth-order valence-electron chi connectivity index (χ4n) is 2.69. The number of hydrogen-bond donors (Lipinski definition) is 1. The summed E-state index contributed by atoms with van der Waals surface area (Å²) in [6.07, 6.45) is 2.81. The summed E-state index contributed by atoms with van der Waals surface area (Å²) in [7, 11) is 0. The van der Waals surface area contributed by atoms with Crippen molar-refractivity contribution in [2.24, 2.45) is 5.92 Å². The molecule has 0 radical (unpaired) electrons. The van der Waals surface area contributed by atoms with E-state index < -0.39 is 5.97 Å². The van der Waals surface area contributed by atoms with Gasteiger partial charge in [0.05, 0.1) is 5.92 Å². The number of likely N-dealkylation sites (tertiary alicyclic amines) is 1. The molecule has 2 unspecified atom stereocenters. The maximum Gasteiger partial charge on any atom is 0.307 e. The van der Waals surface area contributed by atoms with Crippen LogP contribution in [0.2, 0.25) is 0 Å². The minimum Gasteiger partial charge on any atom is -0.481 e. The number of hydrogen-bond acceptors (Lipinski definition) is 2. The molecule has 0 spiro atoms. The zero-order valence-corrected chi connectivity index (χ0v) is 10.9. The summed E-state index contributed by atoms with van der Waals surface area (Å²) in [6, 6.07) is 10.8. The molecule has 1 saturated heterocycles. The highest BCUT2D eigenvalue weighted by atomic mass is 16.4. The molecule has 0 saturated carbocycles. The Kier molecular flexibility index (Phi) is 4.37. The van der Waals surface area contributed by atoms with Crippen LogP contribution in [0, 0.1) is 5.92 Å². The van der Waals surface area contributed by atoms with Crippen molar-refractivity contribution in [1.82, 2.24) is 4.90 Å². The molecule has 1 aliphatic heterocycles. The summed E-state index contributed by atoms with van der Waals surface area (Å²) in [4.78, 5) is 13.4. The lowest BCUT2D eigenvalue weighted by Gasteiger charge is -2.35. The topological polar surface area (TPSA) is 40.5 Å². The van der Waals surface area contributed by atoms with Crippen LogP contribution in [0.1, 0.15) is 25.3 Å². The Morgan fingerprint density at radius 2 is 2.17 bits per heavy atom. The first-order chi connectivity index (χ1) is 8.66. The van der Waals surface area contributed by atoms with Crippen LogP contribution in [0.3, 0.4) is 0 Å². The Morgan fingerprint density at radius 1 is 1.44 bits per heavy atom. The maximum absolute atomic E-state index is 11.1. The Bertz CT molecular complexity index is 391. The zero-order valence-electron chi connectivity index (χ0n) is 10.9. The normalized spacial score (nSPS) is 22.6. The fraction of sp³-hybridized carbons (Fsp3) is 0.533. The number of piperidine rings is 1. The quantitative estimate of drug-likeness (QED) is 0.888. The molecule has 1 aromatic rings. The molecule has 2 atom stereocenters. The summed E-state index contributed by atoms with van der Waals surface area (Å²) in [5, 5.41) is 9.10. The van der Waals surface area contributed by atoms with E-state index in [9.17, 15) is 4.79 Å². The van der Waals surface area contributed by atoms with Crippen LogP contribution in [-0.2, 0) is 11.2 Å². The molecular weight excluding hydrogens is 226 g/mol. The van der Waals surface area contributed by atoms with Crippen molar-refractivity contribution in [1.29, 1.82) is 0 Å². The Morgan fingerprint density at radius 3 is 2.83 bits per heavy atom. The molecule has 1 aromatic carbocycles. The minimum atomic E-state index is -0.647. The van der Waals surface area contributed by atoms with Gasteiger partial charge in [-0.15, -0.1) is 0 Å². The van der Waals surface area contributed by atoms with Crippen molar-refractivity contribution in [2.45, 2.75) is 32.2 Å². The third-order valence-electron chi connectivity index (χ3n) is 3.80. The first kappa shape index (κ1) is 13.1. The van der Waals surface area contributed by atoms with E-state index >= 15 is 0 Å². The first-order valence-corrected chi connectivity index (χ1v) is 6.67. The Labute approximate surface area is 108 Å². The van der Waals surface area contributed by atoms with Crippen LogP contribution < -0.4 is 0 Å². The molecule has 1 aliphatic rings. The summed E-state index contributed by atoms with van der Waals surface area (Å²) in [6.45, 7) is 3.92. The van der Waals surface area contributed by atoms with E-state index in [1.807, 2.05) is 6.07 Å². The van der Waals surface area contributed by atoms with Crippen molar-refractivity contribution in [3.63, 3.8) is 0 Å². The number of carboxylic acid groups (broad SMARTS) is 1. The van der Waals surface area contributed by atoms with E-state index in [0.29, 0.717) is 12.6 Å². The lowest BCUT2D eigenvalue weighted by atomic mass is 9.95. The molecule has 0 aliphatic carbocycles. The number of benzene rings is 1. The predicted octanol–water partition coefficient (Wildman–Crippen LogP) is 2.41. The van der Waals surface area contributed by atoms with Crippen molar-refractivity contribution >= 4 is 5.97 Å². The molecule has 3 heteroatoms. The van der Waals surface area contributed by atoms with Gasteiger partial charge in [0.2, 0.25) is 0 Å². The van der Waals surface area contributed by atoms with Gasteiger partial charge in [-0.1, -0.05) is 30.3 Å². The number of carboxylic acids is 1. The van der Waals surface area contributed by atoms with Crippen LogP contribution in [0.5, 0.6) is 0 Å². The van der Waals surface area contributed by atoms with Gasteiger partial charge in [-0.25, -0.2) is 0 Å². The van der Waals surface area contributed by atoms with Crippen molar-refractivity contribution < 1.29 is 9.90 Å². The van der Waals surface area contributed by atoms with Gasteiger partial charge in [-0.3, -0.25) is 9.69 Å². The molecule has 98 valence electrons. The van der Waals surface area contributed by atoms with E-state index in [2.05, 4.69) is 36.1 Å². The Balaban J connectivity index is 1.92. The van der Waals surface area contributed by atoms with E-state index in [4.69, 9.17) is 5.11 Å². The fourth-order valence-corrected chi connectivity index (χ4v) is 2.69. The molecule has 1 fully saturated rings. The molecule has 0 amide bonds. The van der Waals surface area contributed by atoms with Gasteiger partial charge in [-0.05, 0) is 38.3 Å². The molecular formula is C15H21NO2. The highest BCUT2D eigenvalue weighted by Crippen LogP contribution is 2.20. The third-order valence-corrected chi connectivity index (χ3v) is 3.80. The molecule has 1 heterocycles. The molecule has 2 rings (SSSR count). The summed E-state index contributed by atoms with van der Waals surface area (Å²) in [5.41, 5.74) is 1.32. The van der Waals surface area contributed by atoms with E-state index in [1.165, 1.54) is 5.56 Å². The molecule has 3 nitrogen and oxygen atoms in total. The van der Waals surface area contributed by atoms with Gasteiger partial charge in [-0.2, -0.15) is 0 Å². The molecule has 18 heavy (non-hydrogen) atoms. The van der Waals surface area contributed by atoms with E-state index in [0.717, 1.165) is 25.8 Å². The molecule has 1 N–H and O–H groups in total. The van der Waals surface area contributed by atoms with Crippen LogP contribution in [-0.4, -0.2) is 35.1 Å². The highest BCUT2D eigenvalue weighted by molar-refractivity contribution is 5.70. The average molecular weight is 247 g/mol. The monoisotopic (exact) mass is 247 g/mol. The number of rotatable bonds is 4. The van der Waals surface area contributed by atoms with Gasteiger partial charge in [0.25, 0.3) is 0 Å². The van der Waals surface area contributed by atoms with Gasteiger partial charge in [0, 0.05) is 12.6 Å². The highest BCUT2D eigenvalue weighted by Gasteiger charge is 2.27. The lowest BCUT2D eigenvalue weighted by molar-refractivity contribution is -0.143. The zero-order chi connectivity index (χ0) is 13.0. The molecule has 0 aromatic heterocycles. The van der Waals surface area contributed by atoms with E-state index in [1.54, 1.807) is 0 Å². The largest absolute Gasteiger partial charge is 0.481 e. The van der Waals surface area contributed by atoms with Crippen LogP contribution in [0.15, 0.2) is 30.3 Å². The van der Waals surface area contributed by atoms with Gasteiger partial charge in [0.15, 0.2) is 0 Å². The smallest absolute Gasteiger partial charge is 0.307 e. The minimum absolute atomic E-state index is 0.183. The maximum atomic E-state index is 11.1. The van der Waals surface area contributed by atoms with Crippen LogP contribution in [0.25, 0.3) is 0 Å². The van der Waals surface area contributed by atoms with Crippen molar-refractivity contribution in [3.8, 4) is 0 Å². The second-order valence-electron chi connectivity index (χ2n) is 5.21. The second kappa shape index (κ2) is 6.01. The molecule has 0 bridgehead atoms. The predicted molar refractivity (Wildman–Crippen MR) is 71.5 cm³/mol.